The van der Waals surface area contributed by atoms with Crippen molar-refractivity contribution in [3.63, 3.8) is 0 Å². The fourth-order valence-corrected chi connectivity index (χ4v) is 2.02. The van der Waals surface area contributed by atoms with Crippen molar-refractivity contribution in [2.45, 2.75) is 51.4 Å². The molecule has 2 atom stereocenters. The maximum absolute atomic E-state index is 12.0. The number of benzene rings is 1. The van der Waals surface area contributed by atoms with Gasteiger partial charge in [-0.3, -0.25) is 0 Å². The van der Waals surface area contributed by atoms with Crippen molar-refractivity contribution < 1.29 is 14.3 Å². The third kappa shape index (κ3) is 5.90. The molecule has 120 valence electrons. The summed E-state index contributed by atoms with van der Waals surface area (Å²) < 4.78 is 10.7. The Morgan fingerprint density at radius 2 is 2.05 bits per heavy atom. The molecule has 0 aliphatic carbocycles. The summed E-state index contributed by atoms with van der Waals surface area (Å²) in [4.78, 5) is 12.0. The first kappa shape index (κ1) is 16.6. The Balaban J connectivity index is 2.01. The molecule has 0 bridgehead atoms. The van der Waals surface area contributed by atoms with Gasteiger partial charge in [-0.1, -0.05) is 42.5 Å². The highest BCUT2D eigenvalue weighted by Crippen LogP contribution is 2.27. The maximum atomic E-state index is 12.0. The van der Waals surface area contributed by atoms with Crippen LogP contribution in [-0.2, 0) is 15.9 Å². The van der Waals surface area contributed by atoms with Gasteiger partial charge >= 0.3 is 6.09 Å². The highest BCUT2D eigenvalue weighted by atomic mass is 16.6. The number of rotatable bonds is 5. The number of hydrogen-bond donors (Lipinski definition) is 1. The van der Waals surface area contributed by atoms with Crippen molar-refractivity contribution in [1.82, 2.24) is 5.32 Å². The molecule has 4 nitrogen and oxygen atoms in total. The summed E-state index contributed by atoms with van der Waals surface area (Å²) in [7, 11) is 0. The van der Waals surface area contributed by atoms with Crippen molar-refractivity contribution in [1.29, 1.82) is 0 Å². The van der Waals surface area contributed by atoms with Crippen LogP contribution in [0.5, 0.6) is 0 Å². The minimum atomic E-state index is -0.503. The molecular weight excluding hydrogens is 278 g/mol. The van der Waals surface area contributed by atoms with E-state index in [1.165, 1.54) is 0 Å². The predicted molar refractivity (Wildman–Crippen MR) is 86.8 cm³/mol. The molecule has 0 saturated carbocycles. The highest BCUT2D eigenvalue weighted by molar-refractivity contribution is 5.68. The second kappa shape index (κ2) is 6.53. The summed E-state index contributed by atoms with van der Waals surface area (Å²) in [5.41, 5.74) is 0.483. The van der Waals surface area contributed by atoms with Crippen molar-refractivity contribution in [3.8, 4) is 0 Å². The largest absolute Gasteiger partial charge is 0.444 e. The molecule has 1 N–H and O–H groups in total. The first-order chi connectivity index (χ1) is 10.3. The third-order valence-corrected chi connectivity index (χ3v) is 3.28. The highest BCUT2D eigenvalue weighted by Gasteiger charge is 2.36. The minimum absolute atomic E-state index is 0.127. The molecule has 1 fully saturated rings. The zero-order chi connectivity index (χ0) is 16.2. The average Bonchev–Trinajstić information content (AvgIpc) is 3.14. The summed E-state index contributed by atoms with van der Waals surface area (Å²) in [5, 5.41) is 2.92. The van der Waals surface area contributed by atoms with Gasteiger partial charge in [0.05, 0.1) is 12.6 Å². The van der Waals surface area contributed by atoms with E-state index in [9.17, 15) is 4.79 Å². The Bertz CT molecular complexity index is 527. The number of alkyl carbamates (subject to hydrolysis) is 1. The van der Waals surface area contributed by atoms with Crippen LogP contribution >= 0.6 is 0 Å². The van der Waals surface area contributed by atoms with Crippen molar-refractivity contribution in [2.24, 2.45) is 0 Å². The number of hydrogen-bond acceptors (Lipinski definition) is 3. The lowest BCUT2D eigenvalue weighted by molar-refractivity contribution is 0.0514. The van der Waals surface area contributed by atoms with Gasteiger partial charge in [0.1, 0.15) is 11.2 Å². The Morgan fingerprint density at radius 3 is 2.59 bits per heavy atom. The number of nitrogens with one attached hydrogen (secondary N) is 1. The van der Waals surface area contributed by atoms with Crippen LogP contribution in [0, 0.1) is 0 Å². The zero-order valence-corrected chi connectivity index (χ0v) is 13.8. The standard InChI is InChI=1S/C18H25NO3/c1-17(2,3)22-16(20)19-15(10-11-18(4)13-21-18)12-14-8-6-5-7-9-14/h5-11,15H,12-13H2,1-4H3,(H,19,20)/b11-10+/t15-,18?/m1/s1. The quantitative estimate of drug-likeness (QED) is 0.669. The van der Waals surface area contributed by atoms with E-state index in [0.29, 0.717) is 6.42 Å². The minimum Gasteiger partial charge on any atom is -0.444 e. The summed E-state index contributed by atoms with van der Waals surface area (Å²) >= 11 is 0. The molecule has 1 heterocycles. The maximum Gasteiger partial charge on any atom is 0.408 e. The van der Waals surface area contributed by atoms with Crippen LogP contribution in [0.4, 0.5) is 4.79 Å². The molecular formula is C18H25NO3. The van der Waals surface area contributed by atoms with E-state index < -0.39 is 11.7 Å². The number of carbonyl (C=O) groups excluding carboxylic acids is 1. The Kier molecular flexibility index (Phi) is 4.91. The van der Waals surface area contributed by atoms with Gasteiger partial charge in [-0.15, -0.1) is 0 Å². The van der Waals surface area contributed by atoms with Crippen LogP contribution in [0.25, 0.3) is 0 Å². The normalized spacial score (nSPS) is 22.4. The molecule has 1 aromatic carbocycles. The van der Waals surface area contributed by atoms with Crippen molar-refractivity contribution in [2.75, 3.05) is 6.61 Å². The fraction of sp³-hybridized carbons (Fsp3) is 0.500. The van der Waals surface area contributed by atoms with Crippen LogP contribution in [0.1, 0.15) is 33.3 Å². The summed E-state index contributed by atoms with van der Waals surface area (Å²) in [6.07, 6.45) is 4.31. The zero-order valence-electron chi connectivity index (χ0n) is 13.8. The molecule has 22 heavy (non-hydrogen) atoms. The Hall–Kier alpha value is -1.81. The van der Waals surface area contributed by atoms with Gasteiger partial charge in [-0.05, 0) is 39.7 Å². The first-order valence-corrected chi connectivity index (χ1v) is 7.63. The number of epoxide rings is 1. The SMILES string of the molecule is CC(C)(C)OC(=O)N[C@H](/C=C/C1(C)CO1)Cc1ccccc1. The number of ether oxygens (including phenoxy) is 2. The van der Waals surface area contributed by atoms with E-state index in [-0.39, 0.29) is 11.6 Å². The number of carbonyl (C=O) groups is 1. The lowest BCUT2D eigenvalue weighted by Gasteiger charge is -2.22. The lowest BCUT2D eigenvalue weighted by atomic mass is 10.0. The fourth-order valence-electron chi connectivity index (χ4n) is 2.02. The summed E-state index contributed by atoms with van der Waals surface area (Å²) in [6, 6.07) is 9.94. The molecule has 0 radical (unpaired) electrons. The van der Waals surface area contributed by atoms with Crippen LogP contribution in [-0.4, -0.2) is 29.9 Å². The summed E-state index contributed by atoms with van der Waals surface area (Å²) in [6.45, 7) is 8.32. The predicted octanol–water partition coefficient (Wildman–Crippen LogP) is 3.47. The summed E-state index contributed by atoms with van der Waals surface area (Å²) in [5.74, 6) is 0. The Labute approximate surface area is 132 Å². The third-order valence-electron chi connectivity index (χ3n) is 3.28. The van der Waals surface area contributed by atoms with Gasteiger partial charge in [0, 0.05) is 0 Å². The topological polar surface area (TPSA) is 50.9 Å². The molecule has 1 unspecified atom stereocenters. The molecule has 0 spiro atoms. The van der Waals surface area contributed by atoms with Gasteiger partial charge in [-0.2, -0.15) is 0 Å². The average molecular weight is 303 g/mol. The molecule has 2 rings (SSSR count). The molecule has 1 amide bonds. The molecule has 1 aromatic rings. The molecule has 1 aliphatic rings. The van der Waals surface area contributed by atoms with Crippen molar-refractivity contribution in [3.05, 3.63) is 48.0 Å². The monoisotopic (exact) mass is 303 g/mol. The smallest absolute Gasteiger partial charge is 0.408 e. The number of amides is 1. The van der Waals surface area contributed by atoms with Crippen LogP contribution in [0.15, 0.2) is 42.5 Å². The first-order valence-electron chi connectivity index (χ1n) is 7.63. The van der Waals surface area contributed by atoms with Gasteiger partial charge in [0.2, 0.25) is 0 Å². The Morgan fingerprint density at radius 1 is 1.41 bits per heavy atom. The van der Waals surface area contributed by atoms with E-state index in [2.05, 4.69) is 5.32 Å². The van der Waals surface area contributed by atoms with Gasteiger partial charge in [-0.25, -0.2) is 4.79 Å². The van der Waals surface area contributed by atoms with Crippen LogP contribution < -0.4 is 5.32 Å². The molecule has 4 heteroatoms. The van der Waals surface area contributed by atoms with E-state index in [1.54, 1.807) is 0 Å². The second-order valence-electron chi connectivity index (χ2n) is 6.90. The second-order valence-corrected chi connectivity index (χ2v) is 6.90. The van der Waals surface area contributed by atoms with E-state index >= 15 is 0 Å². The molecule has 1 saturated heterocycles. The van der Waals surface area contributed by atoms with Gasteiger partial charge in [0.25, 0.3) is 0 Å². The van der Waals surface area contributed by atoms with E-state index in [4.69, 9.17) is 9.47 Å². The molecule has 0 aromatic heterocycles. The molecule has 1 aliphatic heterocycles. The van der Waals surface area contributed by atoms with Gasteiger partial charge in [0.15, 0.2) is 0 Å². The lowest BCUT2D eigenvalue weighted by Crippen LogP contribution is -2.39. The van der Waals surface area contributed by atoms with Crippen molar-refractivity contribution >= 4 is 6.09 Å². The van der Waals surface area contributed by atoms with Crippen LogP contribution in [0.3, 0.4) is 0 Å². The van der Waals surface area contributed by atoms with E-state index in [1.807, 2.05) is 70.2 Å². The van der Waals surface area contributed by atoms with E-state index in [0.717, 1.165) is 12.2 Å². The van der Waals surface area contributed by atoms with Crippen LogP contribution in [0.2, 0.25) is 0 Å². The van der Waals surface area contributed by atoms with Gasteiger partial charge < -0.3 is 14.8 Å².